The van der Waals surface area contributed by atoms with E-state index in [1.165, 1.54) is 94.6 Å². The first kappa shape index (κ1) is 36.7. The highest BCUT2D eigenvalue weighted by Crippen LogP contribution is 2.67. The smallest absolute Gasteiger partial charge is 0.0732 e. The minimum atomic E-state index is -0.570. The highest BCUT2D eigenvalue weighted by Gasteiger charge is 2.53. The number of fused-ring (bicyclic) bond motifs is 15. The largest absolute Gasteiger partial charge is 0.310 e. The van der Waals surface area contributed by atoms with Gasteiger partial charge < -0.3 is 9.80 Å². The van der Waals surface area contributed by atoms with Crippen LogP contribution in [0, 0.1) is 0 Å². The van der Waals surface area contributed by atoms with Crippen molar-refractivity contribution in [2.75, 3.05) is 9.80 Å². The fourth-order valence-corrected chi connectivity index (χ4v) is 11.9. The molecule has 0 fully saturated rings. The molecule has 13 rings (SSSR count). The van der Waals surface area contributed by atoms with Crippen molar-refractivity contribution in [3.63, 3.8) is 0 Å². The molecule has 10 aromatic rings. The summed E-state index contributed by atoms with van der Waals surface area (Å²) in [6.07, 6.45) is 0. The summed E-state index contributed by atoms with van der Waals surface area (Å²) < 4.78 is 0. The maximum absolute atomic E-state index is 2.54. The van der Waals surface area contributed by atoms with E-state index in [0.717, 1.165) is 17.1 Å². The minimum absolute atomic E-state index is 0.131. The molecule has 0 N–H and O–H groups in total. The first-order valence-electron chi connectivity index (χ1n) is 22.4. The molecule has 64 heavy (non-hydrogen) atoms. The first-order chi connectivity index (χ1) is 31.6. The van der Waals surface area contributed by atoms with Crippen molar-refractivity contribution >= 4 is 44.9 Å². The van der Waals surface area contributed by atoms with E-state index in [1.54, 1.807) is 0 Å². The van der Waals surface area contributed by atoms with E-state index >= 15 is 0 Å². The van der Waals surface area contributed by atoms with E-state index in [4.69, 9.17) is 0 Å². The average molecular weight is 817 g/mol. The number of rotatable bonds is 6. The van der Waals surface area contributed by atoms with Crippen molar-refractivity contribution in [2.24, 2.45) is 0 Å². The van der Waals surface area contributed by atoms with Gasteiger partial charge in [-0.3, -0.25) is 0 Å². The van der Waals surface area contributed by atoms with E-state index in [0.29, 0.717) is 0 Å². The Labute approximate surface area is 375 Å². The average Bonchev–Trinajstić information content (AvgIpc) is 3.92. The number of anilines is 6. The van der Waals surface area contributed by atoms with Gasteiger partial charge in [-0.1, -0.05) is 190 Å². The predicted molar refractivity (Wildman–Crippen MR) is 267 cm³/mol. The fourth-order valence-electron chi connectivity index (χ4n) is 11.9. The molecule has 0 aliphatic heterocycles. The molecule has 2 nitrogen and oxygen atoms in total. The Morgan fingerprint density at radius 1 is 0.297 bits per heavy atom. The minimum Gasteiger partial charge on any atom is -0.310 e. The zero-order valence-corrected chi connectivity index (χ0v) is 35.8. The molecule has 3 aliphatic carbocycles. The zero-order chi connectivity index (χ0) is 42.6. The van der Waals surface area contributed by atoms with Gasteiger partial charge in [-0.2, -0.15) is 0 Å². The van der Waals surface area contributed by atoms with Crippen LogP contribution >= 0.6 is 0 Å². The highest BCUT2D eigenvalue weighted by atomic mass is 15.2. The third kappa shape index (κ3) is 4.91. The molecule has 10 aromatic carbocycles. The molecular formula is C62H44N2. The molecule has 0 amide bonds. The molecule has 2 heteroatoms. The Bertz CT molecular complexity index is 3440. The van der Waals surface area contributed by atoms with Gasteiger partial charge in [-0.15, -0.1) is 0 Å². The Morgan fingerprint density at radius 2 is 0.719 bits per heavy atom. The van der Waals surface area contributed by atoms with Crippen LogP contribution in [0.1, 0.15) is 47.2 Å². The molecular weight excluding hydrogens is 773 g/mol. The van der Waals surface area contributed by atoms with Gasteiger partial charge in [0.2, 0.25) is 0 Å². The van der Waals surface area contributed by atoms with Gasteiger partial charge in [0, 0.05) is 39.0 Å². The maximum atomic E-state index is 2.54. The van der Waals surface area contributed by atoms with E-state index < -0.39 is 5.41 Å². The second-order valence-electron chi connectivity index (χ2n) is 18.0. The SMILES string of the molecule is CC1(C)c2ccccc2-c2c(N(c3ccccc3)c3cc4c(c5ccccc35)C3(c5ccccc5-4)c4ccccc4-c4c(N(c5ccccc5)c5ccccc5)cccc43)cccc21. The first-order valence-corrected chi connectivity index (χ1v) is 22.4. The van der Waals surface area contributed by atoms with Crippen LogP contribution in [0.4, 0.5) is 34.1 Å². The number of benzene rings is 10. The van der Waals surface area contributed by atoms with Crippen LogP contribution in [0.2, 0.25) is 0 Å². The molecule has 0 saturated carbocycles. The second kappa shape index (κ2) is 13.8. The molecule has 0 aromatic heterocycles. The summed E-state index contributed by atoms with van der Waals surface area (Å²) in [6.45, 7) is 4.74. The van der Waals surface area contributed by atoms with Crippen molar-refractivity contribution in [1.29, 1.82) is 0 Å². The summed E-state index contributed by atoms with van der Waals surface area (Å²) >= 11 is 0. The van der Waals surface area contributed by atoms with Gasteiger partial charge in [0.05, 0.1) is 22.5 Å². The van der Waals surface area contributed by atoms with Gasteiger partial charge >= 0.3 is 0 Å². The molecule has 3 aliphatic rings. The van der Waals surface area contributed by atoms with Crippen LogP contribution < -0.4 is 9.80 Å². The zero-order valence-electron chi connectivity index (χ0n) is 35.8. The lowest BCUT2D eigenvalue weighted by Gasteiger charge is -2.34. The van der Waals surface area contributed by atoms with E-state index in [1.807, 2.05) is 0 Å². The molecule has 1 spiro atoms. The summed E-state index contributed by atoms with van der Waals surface area (Å²) in [5.74, 6) is 0. The monoisotopic (exact) mass is 816 g/mol. The van der Waals surface area contributed by atoms with Crippen LogP contribution in [-0.2, 0) is 10.8 Å². The molecule has 1 unspecified atom stereocenters. The van der Waals surface area contributed by atoms with Gasteiger partial charge in [0.1, 0.15) is 0 Å². The van der Waals surface area contributed by atoms with Crippen LogP contribution in [-0.4, -0.2) is 0 Å². The van der Waals surface area contributed by atoms with Gasteiger partial charge in [-0.25, -0.2) is 0 Å². The summed E-state index contributed by atoms with van der Waals surface area (Å²) in [5, 5.41) is 2.48. The normalized spacial score (nSPS) is 15.5. The molecule has 0 radical (unpaired) electrons. The maximum Gasteiger partial charge on any atom is 0.0732 e. The summed E-state index contributed by atoms with van der Waals surface area (Å²) in [4.78, 5) is 4.98. The molecule has 0 heterocycles. The van der Waals surface area contributed by atoms with Gasteiger partial charge in [-0.05, 0) is 116 Å². The summed E-state index contributed by atoms with van der Waals surface area (Å²) in [5.41, 5.74) is 22.0. The van der Waals surface area contributed by atoms with Gasteiger partial charge in [0.25, 0.3) is 0 Å². The molecule has 0 bridgehead atoms. The summed E-state index contributed by atoms with van der Waals surface area (Å²) in [6, 6.07) is 85.7. The number of nitrogens with zero attached hydrogens (tertiary/aromatic N) is 2. The topological polar surface area (TPSA) is 6.48 Å². The number of hydrogen-bond acceptors (Lipinski definition) is 2. The van der Waals surface area contributed by atoms with Crippen LogP contribution in [0.25, 0.3) is 44.2 Å². The van der Waals surface area contributed by atoms with Crippen molar-refractivity contribution < 1.29 is 0 Å². The quantitative estimate of drug-likeness (QED) is 0.165. The standard InChI is InChI=1S/C62H44N2/c1-61(2)50-33-17-15-31-47(50)58-53(61)36-20-39-56(58)64(43-26-10-5-11-27-43)57-40-49-44-28-14-18-34-51(44)62(60(49)46-30-13-12-29-45(46)57)52-35-19-16-32-48(52)59-54(62)37-21-38-55(59)63(41-22-6-3-7-23-41)42-24-8-4-9-25-42/h3-40H,1-2H3. The third-order valence-corrected chi connectivity index (χ3v) is 14.4. The van der Waals surface area contributed by atoms with Gasteiger partial charge in [0.15, 0.2) is 0 Å². The third-order valence-electron chi connectivity index (χ3n) is 14.4. The van der Waals surface area contributed by atoms with Crippen molar-refractivity contribution in [2.45, 2.75) is 24.7 Å². The number of hydrogen-bond donors (Lipinski definition) is 0. The number of para-hydroxylation sites is 3. The molecule has 0 saturated heterocycles. The van der Waals surface area contributed by atoms with Crippen molar-refractivity contribution in [3.8, 4) is 33.4 Å². The lowest BCUT2D eigenvalue weighted by atomic mass is 9.69. The highest BCUT2D eigenvalue weighted by molar-refractivity contribution is 6.12. The fraction of sp³-hybridized carbons (Fsp3) is 0.0645. The Hall–Kier alpha value is -7.94. The van der Waals surface area contributed by atoms with E-state index in [2.05, 4.69) is 254 Å². The molecule has 1 atom stereocenters. The Morgan fingerprint density at radius 3 is 1.34 bits per heavy atom. The lowest BCUT2D eigenvalue weighted by Crippen LogP contribution is -2.26. The van der Waals surface area contributed by atoms with Crippen LogP contribution in [0.3, 0.4) is 0 Å². The van der Waals surface area contributed by atoms with Crippen molar-refractivity contribution in [1.82, 2.24) is 0 Å². The van der Waals surface area contributed by atoms with Crippen molar-refractivity contribution in [3.05, 3.63) is 264 Å². The Kier molecular flexibility index (Phi) is 7.90. The predicted octanol–water partition coefficient (Wildman–Crippen LogP) is 16.4. The Balaban J connectivity index is 1.13. The van der Waals surface area contributed by atoms with Crippen LogP contribution in [0.5, 0.6) is 0 Å². The lowest BCUT2D eigenvalue weighted by molar-refractivity contribution is 0.660. The second-order valence-corrected chi connectivity index (χ2v) is 18.0. The van der Waals surface area contributed by atoms with E-state index in [-0.39, 0.29) is 5.41 Å². The van der Waals surface area contributed by atoms with Crippen LogP contribution in [0.15, 0.2) is 231 Å². The van der Waals surface area contributed by atoms with E-state index in [9.17, 15) is 0 Å². The summed E-state index contributed by atoms with van der Waals surface area (Å²) in [7, 11) is 0. The molecule has 302 valence electrons.